The summed E-state index contributed by atoms with van der Waals surface area (Å²) in [5.74, 6) is 0.474. The molecule has 1 aromatic carbocycles. The number of nitrogens with zero attached hydrogens (tertiary/aromatic N) is 1. The zero-order valence-electron chi connectivity index (χ0n) is 17.4. The van der Waals surface area contributed by atoms with Gasteiger partial charge < -0.3 is 25.0 Å². The van der Waals surface area contributed by atoms with Crippen LogP contribution in [0.25, 0.3) is 0 Å². The summed E-state index contributed by atoms with van der Waals surface area (Å²) < 4.78 is 10.6. The number of alkyl carbamates (subject to hydrolysis) is 1. The van der Waals surface area contributed by atoms with E-state index in [0.717, 1.165) is 0 Å². The average molecular weight is 405 g/mol. The molecule has 0 aliphatic carbocycles. The molecule has 3 amide bonds. The number of piperidine rings is 1. The summed E-state index contributed by atoms with van der Waals surface area (Å²) >= 11 is 0. The number of hydrogen-bond donors (Lipinski definition) is 2. The van der Waals surface area contributed by atoms with Gasteiger partial charge in [-0.05, 0) is 45.7 Å². The van der Waals surface area contributed by atoms with Crippen LogP contribution >= 0.6 is 0 Å². The summed E-state index contributed by atoms with van der Waals surface area (Å²) in [4.78, 5) is 37.7. The van der Waals surface area contributed by atoms with Crippen LogP contribution in [0.2, 0.25) is 0 Å². The molecular formula is C21H31N3O5. The normalized spacial score (nSPS) is 14.8. The van der Waals surface area contributed by atoms with E-state index in [2.05, 4.69) is 10.6 Å². The molecule has 0 spiro atoms. The number of benzene rings is 1. The Morgan fingerprint density at radius 2 is 1.76 bits per heavy atom. The molecule has 160 valence electrons. The second kappa shape index (κ2) is 10.7. The first-order valence-electron chi connectivity index (χ1n) is 9.95. The smallest absolute Gasteiger partial charge is 0.407 e. The molecule has 2 rings (SSSR count). The van der Waals surface area contributed by atoms with E-state index < -0.39 is 11.7 Å². The summed E-state index contributed by atoms with van der Waals surface area (Å²) in [5, 5.41) is 5.54. The van der Waals surface area contributed by atoms with Crippen LogP contribution in [-0.2, 0) is 14.3 Å². The van der Waals surface area contributed by atoms with Crippen LogP contribution in [0.15, 0.2) is 30.3 Å². The van der Waals surface area contributed by atoms with Crippen LogP contribution < -0.4 is 15.4 Å². The first-order chi connectivity index (χ1) is 13.7. The van der Waals surface area contributed by atoms with Gasteiger partial charge in [0.1, 0.15) is 11.4 Å². The van der Waals surface area contributed by atoms with E-state index in [1.54, 1.807) is 37.8 Å². The third-order valence-corrected chi connectivity index (χ3v) is 4.33. The van der Waals surface area contributed by atoms with Gasteiger partial charge in [-0.25, -0.2) is 4.79 Å². The second-order valence-corrected chi connectivity index (χ2v) is 8.00. The molecule has 1 aliphatic heterocycles. The lowest BCUT2D eigenvalue weighted by molar-refractivity contribution is -0.132. The van der Waals surface area contributed by atoms with Crippen molar-refractivity contribution in [1.82, 2.24) is 15.5 Å². The molecule has 0 radical (unpaired) electrons. The number of para-hydroxylation sites is 1. The first-order valence-corrected chi connectivity index (χ1v) is 9.95. The van der Waals surface area contributed by atoms with Crippen molar-refractivity contribution in [1.29, 1.82) is 0 Å². The predicted octanol–water partition coefficient (Wildman–Crippen LogP) is 2.09. The number of nitrogens with one attached hydrogen (secondary N) is 2. The Bertz CT molecular complexity index is 679. The Balaban J connectivity index is 1.61. The van der Waals surface area contributed by atoms with Gasteiger partial charge in [-0.2, -0.15) is 0 Å². The van der Waals surface area contributed by atoms with Gasteiger partial charge in [0.15, 0.2) is 6.61 Å². The SMILES string of the molecule is CC(C)(C)OC(=O)NCCC(=O)N1CCC(NC(=O)COc2ccccc2)CC1. The Morgan fingerprint density at radius 3 is 2.38 bits per heavy atom. The zero-order chi connectivity index (χ0) is 21.3. The van der Waals surface area contributed by atoms with E-state index >= 15 is 0 Å². The minimum Gasteiger partial charge on any atom is -0.484 e. The number of carbonyl (C=O) groups is 3. The van der Waals surface area contributed by atoms with E-state index in [1.165, 1.54) is 0 Å². The molecular weight excluding hydrogens is 374 g/mol. The lowest BCUT2D eigenvalue weighted by atomic mass is 10.0. The maximum absolute atomic E-state index is 12.3. The van der Waals surface area contributed by atoms with Crippen molar-refractivity contribution in [3.8, 4) is 5.75 Å². The molecule has 1 fully saturated rings. The Kier molecular flexibility index (Phi) is 8.30. The maximum Gasteiger partial charge on any atom is 0.407 e. The van der Waals surface area contributed by atoms with Gasteiger partial charge in [0.2, 0.25) is 5.91 Å². The highest BCUT2D eigenvalue weighted by Gasteiger charge is 2.24. The Hall–Kier alpha value is -2.77. The van der Waals surface area contributed by atoms with Crippen LogP contribution in [0.1, 0.15) is 40.0 Å². The molecule has 0 bridgehead atoms. The molecule has 0 aromatic heterocycles. The number of carbonyl (C=O) groups excluding carboxylic acids is 3. The summed E-state index contributed by atoms with van der Waals surface area (Å²) in [6.07, 6.45) is 1.09. The minimum absolute atomic E-state index is 0.0155. The van der Waals surface area contributed by atoms with Gasteiger partial charge in [-0.1, -0.05) is 18.2 Å². The third kappa shape index (κ3) is 8.85. The fourth-order valence-corrected chi connectivity index (χ4v) is 2.95. The fraction of sp³-hybridized carbons (Fsp3) is 0.571. The number of ether oxygens (including phenoxy) is 2. The average Bonchev–Trinajstić information content (AvgIpc) is 2.66. The lowest BCUT2D eigenvalue weighted by Crippen LogP contribution is -2.48. The molecule has 0 atom stereocenters. The highest BCUT2D eigenvalue weighted by molar-refractivity contribution is 5.78. The van der Waals surface area contributed by atoms with E-state index in [1.807, 2.05) is 18.2 Å². The molecule has 0 unspecified atom stereocenters. The van der Waals surface area contributed by atoms with Gasteiger partial charge >= 0.3 is 6.09 Å². The van der Waals surface area contributed by atoms with Gasteiger partial charge in [-0.15, -0.1) is 0 Å². The molecule has 0 saturated carbocycles. The summed E-state index contributed by atoms with van der Waals surface area (Å²) in [7, 11) is 0. The molecule has 1 saturated heterocycles. The van der Waals surface area contributed by atoms with E-state index in [9.17, 15) is 14.4 Å². The van der Waals surface area contributed by atoms with Crippen LogP contribution in [0.3, 0.4) is 0 Å². The highest BCUT2D eigenvalue weighted by atomic mass is 16.6. The lowest BCUT2D eigenvalue weighted by Gasteiger charge is -2.32. The first kappa shape index (κ1) is 22.5. The predicted molar refractivity (Wildman–Crippen MR) is 109 cm³/mol. The third-order valence-electron chi connectivity index (χ3n) is 4.33. The van der Waals surface area contributed by atoms with Crippen LogP contribution in [0.5, 0.6) is 5.75 Å². The van der Waals surface area contributed by atoms with Crippen LogP contribution in [-0.4, -0.2) is 60.7 Å². The van der Waals surface area contributed by atoms with Gasteiger partial charge in [0.25, 0.3) is 5.91 Å². The van der Waals surface area contributed by atoms with Crippen molar-refractivity contribution in [2.45, 2.75) is 51.7 Å². The molecule has 1 aliphatic rings. The maximum atomic E-state index is 12.3. The largest absolute Gasteiger partial charge is 0.484 e. The van der Waals surface area contributed by atoms with Crippen molar-refractivity contribution in [2.24, 2.45) is 0 Å². The van der Waals surface area contributed by atoms with E-state index in [-0.39, 0.29) is 37.4 Å². The van der Waals surface area contributed by atoms with Gasteiger partial charge in [-0.3, -0.25) is 9.59 Å². The fourth-order valence-electron chi connectivity index (χ4n) is 2.95. The van der Waals surface area contributed by atoms with E-state index in [4.69, 9.17) is 9.47 Å². The quantitative estimate of drug-likeness (QED) is 0.724. The number of rotatable bonds is 7. The van der Waals surface area contributed by atoms with Crippen molar-refractivity contribution >= 4 is 17.9 Å². The summed E-state index contributed by atoms with van der Waals surface area (Å²) in [5.41, 5.74) is -0.563. The molecule has 29 heavy (non-hydrogen) atoms. The minimum atomic E-state index is -0.563. The van der Waals surface area contributed by atoms with Crippen molar-refractivity contribution in [3.05, 3.63) is 30.3 Å². The van der Waals surface area contributed by atoms with Crippen LogP contribution in [0.4, 0.5) is 4.79 Å². The summed E-state index contributed by atoms with van der Waals surface area (Å²) in [6, 6.07) is 9.22. The second-order valence-electron chi connectivity index (χ2n) is 8.00. The van der Waals surface area contributed by atoms with Gasteiger partial charge in [0.05, 0.1) is 0 Å². The van der Waals surface area contributed by atoms with Crippen molar-refractivity contribution in [3.63, 3.8) is 0 Å². The van der Waals surface area contributed by atoms with Crippen LogP contribution in [0, 0.1) is 0 Å². The monoisotopic (exact) mass is 405 g/mol. The van der Waals surface area contributed by atoms with Crippen molar-refractivity contribution < 1.29 is 23.9 Å². The molecule has 2 N–H and O–H groups in total. The zero-order valence-corrected chi connectivity index (χ0v) is 17.4. The highest BCUT2D eigenvalue weighted by Crippen LogP contribution is 2.12. The standard InChI is InChI=1S/C21H31N3O5/c1-21(2,3)29-20(27)22-12-9-19(26)24-13-10-16(11-14-24)23-18(25)15-28-17-7-5-4-6-8-17/h4-8,16H,9-15H2,1-3H3,(H,22,27)(H,23,25). The number of likely N-dealkylation sites (tertiary alicyclic amines) is 1. The van der Waals surface area contributed by atoms with Gasteiger partial charge in [0, 0.05) is 32.1 Å². The Morgan fingerprint density at radius 1 is 1.10 bits per heavy atom. The number of amides is 3. The Labute approximate surface area is 171 Å². The molecule has 1 aromatic rings. The molecule has 1 heterocycles. The van der Waals surface area contributed by atoms with Crippen molar-refractivity contribution in [2.75, 3.05) is 26.2 Å². The molecule has 8 heteroatoms. The molecule has 8 nitrogen and oxygen atoms in total. The van der Waals surface area contributed by atoms with E-state index in [0.29, 0.717) is 31.7 Å². The topological polar surface area (TPSA) is 97.0 Å². The summed E-state index contributed by atoms with van der Waals surface area (Å²) in [6.45, 7) is 6.73. The number of hydrogen-bond acceptors (Lipinski definition) is 5.